The third kappa shape index (κ3) is 4.87. The number of carbonyl (C=O) groups excluding carboxylic acids is 4. The molecule has 3 amide bonds. The van der Waals surface area contributed by atoms with Crippen LogP contribution in [0.3, 0.4) is 0 Å². The van der Waals surface area contributed by atoms with Crippen LogP contribution in [-0.2, 0) is 28.8 Å². The summed E-state index contributed by atoms with van der Waals surface area (Å²) in [5.41, 5.74) is 4.10. The molecule has 10 heteroatoms. The van der Waals surface area contributed by atoms with Crippen LogP contribution in [0.4, 0.5) is 0 Å². The number of nitrogens with one attached hydrogen (secondary N) is 1. The molecule has 8 nitrogen and oxygen atoms in total. The third-order valence-electron chi connectivity index (χ3n) is 5.10. The molecule has 1 aliphatic heterocycles. The number of imide groups is 1. The van der Waals surface area contributed by atoms with Crippen molar-refractivity contribution in [3.8, 4) is 0 Å². The largest absolute Gasteiger partial charge is 0.454 e. The topological polar surface area (TPSA) is 102 Å². The molecule has 1 aliphatic rings. The first kappa shape index (κ1) is 24.0. The highest BCUT2D eigenvalue weighted by Gasteiger charge is 2.33. The van der Waals surface area contributed by atoms with Gasteiger partial charge < -0.3 is 14.3 Å². The van der Waals surface area contributed by atoms with Crippen molar-refractivity contribution < 1.29 is 28.1 Å². The summed E-state index contributed by atoms with van der Waals surface area (Å²) in [4.78, 5) is 53.0. The maximum Gasteiger partial charge on any atom is 0.352 e. The summed E-state index contributed by atoms with van der Waals surface area (Å²) in [5, 5.41) is 3.75. The standard InChI is InChI=1S/C20H25N2O6Si2/c1-10-11(2)16(18(30-28-29)17(12(10)3)20(4,5)6)19(26)21-9-15(25)27-22-13(23)7-8-14(22)24/h7-9H2,1-6H3,(H,21,26). The molecular weight excluding hydrogens is 420 g/mol. The summed E-state index contributed by atoms with van der Waals surface area (Å²) in [6.07, 6.45) is 0.0130. The van der Waals surface area contributed by atoms with E-state index in [0.29, 0.717) is 10.6 Å². The molecular formula is C20H25N2O6Si2. The fourth-order valence-corrected chi connectivity index (χ4v) is 5.04. The molecule has 0 atom stereocenters. The zero-order valence-electron chi connectivity index (χ0n) is 18.0. The fraction of sp³-hybridized carbons (Fsp3) is 0.500. The SMILES string of the molecule is Cc1c(C)c(C(=O)NCC(=O)ON2C(=O)CCC2=O)c([Si]O[Si])c(C(C)(C)C)c1C. The van der Waals surface area contributed by atoms with Crippen molar-refractivity contribution in [3.05, 3.63) is 27.8 Å². The lowest BCUT2D eigenvalue weighted by Crippen LogP contribution is -2.42. The van der Waals surface area contributed by atoms with E-state index < -0.39 is 30.2 Å². The summed E-state index contributed by atoms with van der Waals surface area (Å²) >= 11 is 0. The second-order valence-corrected chi connectivity index (χ2v) is 9.70. The monoisotopic (exact) mass is 445 g/mol. The first-order valence-corrected chi connectivity index (χ1v) is 10.8. The lowest BCUT2D eigenvalue weighted by atomic mass is 9.79. The molecule has 1 aromatic rings. The van der Waals surface area contributed by atoms with Crippen molar-refractivity contribution in [2.45, 2.75) is 59.8 Å². The minimum atomic E-state index is -0.898. The Morgan fingerprint density at radius 3 is 2.13 bits per heavy atom. The van der Waals surface area contributed by atoms with E-state index >= 15 is 0 Å². The molecule has 0 unspecified atom stereocenters. The number of hydroxylamine groups is 2. The van der Waals surface area contributed by atoms with E-state index in [1.54, 1.807) is 0 Å². The van der Waals surface area contributed by atoms with Gasteiger partial charge in [-0.3, -0.25) is 14.4 Å². The summed E-state index contributed by atoms with van der Waals surface area (Å²) in [7, 11) is 2.93. The Morgan fingerprint density at radius 2 is 1.63 bits per heavy atom. The zero-order chi connectivity index (χ0) is 22.8. The molecule has 5 radical (unpaired) electrons. The molecule has 0 aromatic heterocycles. The van der Waals surface area contributed by atoms with Gasteiger partial charge in [-0.25, -0.2) is 4.79 Å². The Kier molecular flexibility index (Phi) is 7.37. The zero-order valence-corrected chi connectivity index (χ0v) is 20.0. The Morgan fingerprint density at radius 1 is 1.07 bits per heavy atom. The van der Waals surface area contributed by atoms with Crippen molar-refractivity contribution in [3.63, 3.8) is 0 Å². The van der Waals surface area contributed by atoms with Gasteiger partial charge in [0.1, 0.15) is 6.54 Å². The van der Waals surface area contributed by atoms with Crippen molar-refractivity contribution in [1.29, 1.82) is 0 Å². The molecule has 159 valence electrons. The minimum Gasteiger partial charge on any atom is -0.454 e. The number of nitrogens with zero attached hydrogens (tertiary/aromatic N) is 1. The molecule has 1 fully saturated rings. The first-order chi connectivity index (χ1) is 13.9. The van der Waals surface area contributed by atoms with Gasteiger partial charge in [-0.2, -0.15) is 0 Å². The predicted molar refractivity (Wildman–Crippen MR) is 111 cm³/mol. The van der Waals surface area contributed by atoms with E-state index in [9.17, 15) is 19.2 Å². The van der Waals surface area contributed by atoms with Crippen molar-refractivity contribution in [2.75, 3.05) is 6.54 Å². The van der Waals surface area contributed by atoms with Gasteiger partial charge in [-0.05, 0) is 53.6 Å². The second kappa shape index (κ2) is 9.23. The van der Waals surface area contributed by atoms with Crippen LogP contribution in [0.25, 0.3) is 0 Å². The van der Waals surface area contributed by atoms with Gasteiger partial charge in [-0.1, -0.05) is 20.8 Å². The Balaban J connectivity index is 2.30. The highest BCUT2D eigenvalue weighted by atomic mass is 28.3. The predicted octanol–water partition coefficient (Wildman–Crippen LogP) is 0.591. The van der Waals surface area contributed by atoms with Crippen molar-refractivity contribution in [2.24, 2.45) is 0 Å². The molecule has 0 saturated carbocycles. The number of benzene rings is 1. The van der Waals surface area contributed by atoms with Gasteiger partial charge >= 0.3 is 5.97 Å². The van der Waals surface area contributed by atoms with Gasteiger partial charge in [0.2, 0.25) is 10.5 Å². The fourth-order valence-electron chi connectivity index (χ4n) is 3.56. The minimum absolute atomic E-state index is 0.00650. The Hall–Kier alpha value is -2.31. The van der Waals surface area contributed by atoms with Crippen LogP contribution in [-0.4, -0.2) is 55.5 Å². The second-order valence-electron chi connectivity index (χ2n) is 8.18. The molecule has 1 heterocycles. The van der Waals surface area contributed by atoms with E-state index in [0.717, 1.165) is 27.4 Å². The van der Waals surface area contributed by atoms with Crippen LogP contribution >= 0.6 is 0 Å². The van der Waals surface area contributed by atoms with Crippen LogP contribution in [0.15, 0.2) is 0 Å². The molecule has 30 heavy (non-hydrogen) atoms. The smallest absolute Gasteiger partial charge is 0.352 e. The van der Waals surface area contributed by atoms with Gasteiger partial charge in [0.15, 0.2) is 0 Å². The summed E-state index contributed by atoms with van der Waals surface area (Å²) < 4.78 is 5.22. The van der Waals surface area contributed by atoms with Gasteiger partial charge in [0.05, 0.1) is 0 Å². The van der Waals surface area contributed by atoms with E-state index in [2.05, 4.69) is 36.6 Å². The Bertz CT molecular complexity index is 892. The van der Waals surface area contributed by atoms with E-state index in [4.69, 9.17) is 8.95 Å². The number of amides is 3. The number of rotatable bonds is 6. The highest BCUT2D eigenvalue weighted by Crippen LogP contribution is 2.29. The number of hydrogen-bond donors (Lipinski definition) is 1. The number of carbonyl (C=O) groups is 4. The molecule has 0 bridgehead atoms. The van der Waals surface area contributed by atoms with Crippen LogP contribution in [0, 0.1) is 20.8 Å². The quantitative estimate of drug-likeness (QED) is 0.508. The summed E-state index contributed by atoms with van der Waals surface area (Å²) in [5.74, 6) is -2.50. The molecule has 1 saturated heterocycles. The van der Waals surface area contributed by atoms with Crippen LogP contribution in [0.2, 0.25) is 0 Å². The maximum absolute atomic E-state index is 13.0. The van der Waals surface area contributed by atoms with Crippen molar-refractivity contribution in [1.82, 2.24) is 10.4 Å². The van der Waals surface area contributed by atoms with Crippen LogP contribution < -0.4 is 10.5 Å². The van der Waals surface area contributed by atoms with Gasteiger partial charge in [0, 0.05) is 18.4 Å². The van der Waals surface area contributed by atoms with E-state index in [1.807, 2.05) is 20.8 Å². The third-order valence-corrected chi connectivity index (χ3v) is 6.21. The lowest BCUT2D eigenvalue weighted by molar-refractivity contribution is -0.196. The highest BCUT2D eigenvalue weighted by molar-refractivity contribution is 6.53. The molecule has 1 aromatic carbocycles. The molecule has 0 aliphatic carbocycles. The average molecular weight is 446 g/mol. The maximum atomic E-state index is 13.0. The molecule has 0 spiro atoms. The average Bonchev–Trinajstić information content (AvgIpc) is 2.95. The summed E-state index contributed by atoms with van der Waals surface area (Å²) in [6.45, 7) is 11.5. The van der Waals surface area contributed by atoms with Crippen molar-refractivity contribution >= 4 is 49.1 Å². The van der Waals surface area contributed by atoms with Crippen LogP contribution in [0.1, 0.15) is 66.2 Å². The first-order valence-electron chi connectivity index (χ1n) is 9.47. The lowest BCUT2D eigenvalue weighted by Gasteiger charge is -2.29. The normalized spacial score (nSPS) is 14.3. The van der Waals surface area contributed by atoms with Gasteiger partial charge in [-0.15, -0.1) is 5.06 Å². The molecule has 2 rings (SSSR count). The van der Waals surface area contributed by atoms with E-state index in [1.165, 1.54) is 0 Å². The van der Waals surface area contributed by atoms with Gasteiger partial charge in [0.25, 0.3) is 27.5 Å². The van der Waals surface area contributed by atoms with E-state index in [-0.39, 0.29) is 28.0 Å². The summed E-state index contributed by atoms with van der Waals surface area (Å²) in [6, 6.07) is 0. The van der Waals surface area contributed by atoms with Crippen LogP contribution in [0.5, 0.6) is 0 Å². The Labute approximate surface area is 182 Å². The molecule has 1 N–H and O–H groups in total. The number of hydrogen-bond acceptors (Lipinski definition) is 6.